The molecule has 35 heavy (non-hydrogen) atoms. The number of rotatable bonds is 13. The molecule has 7 nitrogen and oxygen atoms in total. The fraction of sp³-hybridized carbons (Fsp3) is 0.321. The van der Waals surface area contributed by atoms with Crippen molar-refractivity contribution in [2.75, 3.05) is 26.4 Å². The fourth-order valence-corrected chi connectivity index (χ4v) is 3.49. The first kappa shape index (κ1) is 25.9. The van der Waals surface area contributed by atoms with Crippen molar-refractivity contribution in [3.63, 3.8) is 0 Å². The van der Waals surface area contributed by atoms with E-state index in [1.54, 1.807) is 6.20 Å². The van der Waals surface area contributed by atoms with Crippen molar-refractivity contribution in [1.82, 2.24) is 10.3 Å². The number of nitrogens with zero attached hydrogens (tertiary/aromatic N) is 2. The van der Waals surface area contributed by atoms with E-state index in [2.05, 4.69) is 15.5 Å². The number of oxime groups is 1. The number of pyridine rings is 1. The molecule has 2 aromatic carbocycles. The number of esters is 1. The van der Waals surface area contributed by atoms with E-state index in [9.17, 15) is 4.79 Å². The SMILES string of the molecule is CCNC(Cc1ccc(OCCO/N=C(/C)c2ccc(-c3ccccn3)cc2)cc1)C(=O)OCC. The first-order valence-electron chi connectivity index (χ1n) is 11.9. The first-order valence-corrected chi connectivity index (χ1v) is 11.9. The summed E-state index contributed by atoms with van der Waals surface area (Å²) in [5.41, 5.74) is 4.80. The number of ether oxygens (including phenoxy) is 2. The van der Waals surface area contributed by atoms with E-state index in [1.165, 1.54) is 0 Å². The standard InChI is InChI=1S/C28H33N3O4/c1-4-29-27(28(32)33-5-2)20-22-9-15-25(16-10-22)34-18-19-35-31-21(3)23-11-13-24(14-12-23)26-8-6-7-17-30-26/h6-17,27,29H,4-5,18-20H2,1-3H3/b31-21-. The minimum Gasteiger partial charge on any atom is -0.490 e. The summed E-state index contributed by atoms with van der Waals surface area (Å²) in [5.74, 6) is 0.506. The van der Waals surface area contributed by atoms with Crippen LogP contribution in [-0.2, 0) is 20.8 Å². The van der Waals surface area contributed by atoms with Crippen LogP contribution >= 0.6 is 0 Å². The summed E-state index contributed by atoms with van der Waals surface area (Å²) < 4.78 is 10.9. The smallest absolute Gasteiger partial charge is 0.323 e. The van der Waals surface area contributed by atoms with Crippen LogP contribution < -0.4 is 10.1 Å². The Hall–Kier alpha value is -3.71. The number of benzene rings is 2. The second kappa shape index (κ2) is 13.9. The van der Waals surface area contributed by atoms with Gasteiger partial charge in [0, 0.05) is 11.8 Å². The highest BCUT2D eigenvalue weighted by Crippen LogP contribution is 2.17. The number of nitrogens with one attached hydrogen (secondary N) is 1. The zero-order chi connectivity index (χ0) is 24.9. The lowest BCUT2D eigenvalue weighted by molar-refractivity contribution is -0.145. The summed E-state index contributed by atoms with van der Waals surface area (Å²) in [4.78, 5) is 21.9. The molecule has 3 aromatic rings. The van der Waals surface area contributed by atoms with Crippen molar-refractivity contribution in [3.05, 3.63) is 84.1 Å². The predicted molar refractivity (Wildman–Crippen MR) is 138 cm³/mol. The second-order valence-electron chi connectivity index (χ2n) is 7.86. The van der Waals surface area contributed by atoms with Gasteiger partial charge in [0.2, 0.25) is 0 Å². The molecule has 0 aliphatic carbocycles. The van der Waals surface area contributed by atoms with Gasteiger partial charge in [0.1, 0.15) is 18.4 Å². The molecule has 1 aromatic heterocycles. The van der Waals surface area contributed by atoms with E-state index in [4.69, 9.17) is 14.3 Å². The number of hydrogen-bond donors (Lipinski definition) is 1. The molecular weight excluding hydrogens is 442 g/mol. The number of carbonyl (C=O) groups excluding carboxylic acids is 1. The average molecular weight is 476 g/mol. The van der Waals surface area contributed by atoms with Crippen LogP contribution in [0.25, 0.3) is 11.3 Å². The van der Waals surface area contributed by atoms with Crippen LogP contribution in [0.5, 0.6) is 5.75 Å². The van der Waals surface area contributed by atoms with E-state index in [0.717, 1.165) is 33.8 Å². The lowest BCUT2D eigenvalue weighted by atomic mass is 10.1. The zero-order valence-corrected chi connectivity index (χ0v) is 20.6. The maximum atomic E-state index is 12.1. The monoisotopic (exact) mass is 475 g/mol. The number of hydrogen-bond acceptors (Lipinski definition) is 7. The topological polar surface area (TPSA) is 82.0 Å². The first-order chi connectivity index (χ1) is 17.1. The molecule has 0 saturated heterocycles. The van der Waals surface area contributed by atoms with Crippen LogP contribution in [0.4, 0.5) is 0 Å². The Kier molecular flexibility index (Phi) is 10.3. The van der Waals surface area contributed by atoms with Gasteiger partial charge >= 0.3 is 5.97 Å². The van der Waals surface area contributed by atoms with Crippen molar-refractivity contribution in [2.24, 2.45) is 5.16 Å². The Morgan fingerprint density at radius 3 is 2.43 bits per heavy atom. The van der Waals surface area contributed by atoms with Crippen LogP contribution in [0.3, 0.4) is 0 Å². The molecule has 7 heteroatoms. The molecule has 0 spiro atoms. The third-order valence-corrected chi connectivity index (χ3v) is 5.29. The Balaban J connectivity index is 1.42. The summed E-state index contributed by atoms with van der Waals surface area (Å²) in [6.45, 7) is 7.46. The minimum atomic E-state index is -0.354. The molecule has 0 radical (unpaired) electrons. The molecule has 0 saturated carbocycles. The van der Waals surface area contributed by atoms with E-state index in [1.807, 2.05) is 87.5 Å². The summed E-state index contributed by atoms with van der Waals surface area (Å²) >= 11 is 0. The Morgan fingerprint density at radius 1 is 1.00 bits per heavy atom. The third kappa shape index (κ3) is 8.22. The highest BCUT2D eigenvalue weighted by atomic mass is 16.6. The summed E-state index contributed by atoms with van der Waals surface area (Å²) in [7, 11) is 0. The molecule has 1 N–H and O–H groups in total. The van der Waals surface area contributed by atoms with Gasteiger partial charge < -0.3 is 19.6 Å². The average Bonchev–Trinajstić information content (AvgIpc) is 2.90. The molecule has 3 rings (SSSR count). The van der Waals surface area contributed by atoms with Crippen molar-refractivity contribution < 1.29 is 19.1 Å². The number of carbonyl (C=O) groups is 1. The van der Waals surface area contributed by atoms with E-state index >= 15 is 0 Å². The van der Waals surface area contributed by atoms with Gasteiger partial charge in [0.25, 0.3) is 0 Å². The number of likely N-dealkylation sites (N-methyl/N-ethyl adjacent to an activating group) is 1. The van der Waals surface area contributed by atoms with Gasteiger partial charge in [-0.15, -0.1) is 0 Å². The van der Waals surface area contributed by atoms with Crippen molar-refractivity contribution in [3.8, 4) is 17.0 Å². The zero-order valence-electron chi connectivity index (χ0n) is 20.6. The molecule has 184 valence electrons. The fourth-order valence-electron chi connectivity index (χ4n) is 3.49. The summed E-state index contributed by atoms with van der Waals surface area (Å²) in [5, 5.41) is 7.37. The van der Waals surface area contributed by atoms with Crippen molar-refractivity contribution >= 4 is 11.7 Å². The maximum absolute atomic E-state index is 12.1. The van der Waals surface area contributed by atoms with Gasteiger partial charge in [-0.25, -0.2) is 0 Å². The Bertz CT molecular complexity index is 1070. The van der Waals surface area contributed by atoms with Gasteiger partial charge in [0.05, 0.1) is 18.0 Å². The lowest BCUT2D eigenvalue weighted by Gasteiger charge is -2.16. The molecular formula is C28H33N3O4. The highest BCUT2D eigenvalue weighted by Gasteiger charge is 2.18. The van der Waals surface area contributed by atoms with E-state index in [0.29, 0.717) is 32.8 Å². The quantitative estimate of drug-likeness (QED) is 0.168. The van der Waals surface area contributed by atoms with E-state index < -0.39 is 0 Å². The Labute approximate surface area is 207 Å². The maximum Gasteiger partial charge on any atom is 0.323 e. The molecule has 1 heterocycles. The van der Waals surface area contributed by atoms with Crippen LogP contribution in [-0.4, -0.2) is 49.1 Å². The predicted octanol–water partition coefficient (Wildman–Crippen LogP) is 4.65. The van der Waals surface area contributed by atoms with Gasteiger partial charge in [-0.05, 0) is 62.2 Å². The lowest BCUT2D eigenvalue weighted by Crippen LogP contribution is -2.39. The highest BCUT2D eigenvalue weighted by molar-refractivity contribution is 5.98. The molecule has 0 fully saturated rings. The largest absolute Gasteiger partial charge is 0.490 e. The van der Waals surface area contributed by atoms with Gasteiger partial charge in [-0.2, -0.15) is 0 Å². The van der Waals surface area contributed by atoms with Gasteiger partial charge in [0.15, 0.2) is 6.61 Å². The van der Waals surface area contributed by atoms with Crippen LogP contribution in [0.2, 0.25) is 0 Å². The van der Waals surface area contributed by atoms with Crippen molar-refractivity contribution in [1.29, 1.82) is 0 Å². The normalized spacial score (nSPS) is 12.1. The van der Waals surface area contributed by atoms with E-state index in [-0.39, 0.29) is 12.0 Å². The summed E-state index contributed by atoms with van der Waals surface area (Å²) in [6, 6.07) is 21.3. The molecule has 1 atom stereocenters. The summed E-state index contributed by atoms with van der Waals surface area (Å²) in [6.07, 6.45) is 2.35. The van der Waals surface area contributed by atoms with Crippen LogP contribution in [0, 0.1) is 0 Å². The van der Waals surface area contributed by atoms with Gasteiger partial charge in [-0.3, -0.25) is 9.78 Å². The molecule has 0 aliphatic heterocycles. The Morgan fingerprint density at radius 2 is 1.77 bits per heavy atom. The minimum absolute atomic E-state index is 0.230. The van der Waals surface area contributed by atoms with Crippen molar-refractivity contribution in [2.45, 2.75) is 33.2 Å². The number of aromatic nitrogens is 1. The third-order valence-electron chi connectivity index (χ3n) is 5.29. The van der Waals surface area contributed by atoms with Crippen LogP contribution in [0.1, 0.15) is 31.9 Å². The molecule has 0 amide bonds. The van der Waals surface area contributed by atoms with Gasteiger partial charge in [-0.1, -0.05) is 54.5 Å². The van der Waals surface area contributed by atoms with Crippen LogP contribution in [0.15, 0.2) is 78.1 Å². The molecule has 1 unspecified atom stereocenters. The molecule has 0 bridgehead atoms. The molecule has 0 aliphatic rings. The second-order valence-corrected chi connectivity index (χ2v) is 7.86.